The zero-order chi connectivity index (χ0) is 11.5. The van der Waals surface area contributed by atoms with Gasteiger partial charge in [0.15, 0.2) is 0 Å². The van der Waals surface area contributed by atoms with E-state index in [9.17, 15) is 4.79 Å². The van der Waals surface area contributed by atoms with Crippen LogP contribution in [0.25, 0.3) is 0 Å². The topological polar surface area (TPSA) is 29.1 Å². The number of ketones is 1. The van der Waals surface area contributed by atoms with E-state index >= 15 is 0 Å². The lowest BCUT2D eigenvalue weighted by molar-refractivity contribution is -0.131. The van der Waals surface area contributed by atoms with Crippen LogP contribution in [-0.2, 0) is 4.79 Å². The molecule has 2 heteroatoms. The highest BCUT2D eigenvalue weighted by Gasteiger charge is 2.32. The average Bonchev–Trinajstić information content (AvgIpc) is 2.17. The van der Waals surface area contributed by atoms with Gasteiger partial charge in [-0.05, 0) is 45.2 Å². The van der Waals surface area contributed by atoms with E-state index in [4.69, 9.17) is 0 Å². The van der Waals surface area contributed by atoms with Gasteiger partial charge < -0.3 is 5.32 Å². The van der Waals surface area contributed by atoms with Crippen LogP contribution in [0.3, 0.4) is 0 Å². The number of nitrogens with one attached hydrogen (secondary N) is 1. The van der Waals surface area contributed by atoms with E-state index < -0.39 is 0 Å². The summed E-state index contributed by atoms with van der Waals surface area (Å²) in [6.45, 7) is 7.22. The van der Waals surface area contributed by atoms with Crippen LogP contribution in [0.1, 0.15) is 46.5 Å². The highest BCUT2D eigenvalue weighted by Crippen LogP contribution is 2.33. The molecule has 1 aliphatic rings. The molecule has 0 aromatic carbocycles. The standard InChI is InChI=1S/C13H25NO/c1-13(2,3)12(15)11-7-5-10(6-8-11)9-14-4/h10-11,14H,5-9H2,1-4H3. The smallest absolute Gasteiger partial charge is 0.141 e. The van der Waals surface area contributed by atoms with Crippen molar-refractivity contribution in [3.8, 4) is 0 Å². The van der Waals surface area contributed by atoms with E-state index in [1.54, 1.807) is 0 Å². The summed E-state index contributed by atoms with van der Waals surface area (Å²) >= 11 is 0. The van der Waals surface area contributed by atoms with Gasteiger partial charge in [-0.1, -0.05) is 20.8 Å². The van der Waals surface area contributed by atoms with Crippen LogP contribution in [0.5, 0.6) is 0 Å². The summed E-state index contributed by atoms with van der Waals surface area (Å²) in [5, 5.41) is 3.23. The average molecular weight is 211 g/mol. The SMILES string of the molecule is CNCC1CCC(C(=O)C(C)(C)C)CC1. The van der Waals surface area contributed by atoms with E-state index in [0.29, 0.717) is 11.7 Å². The number of hydrogen-bond acceptors (Lipinski definition) is 2. The third-order valence-corrected chi connectivity index (χ3v) is 3.45. The van der Waals surface area contributed by atoms with Crippen LogP contribution in [0.2, 0.25) is 0 Å². The molecular formula is C13H25NO. The molecule has 0 atom stereocenters. The Morgan fingerprint density at radius 3 is 2.13 bits per heavy atom. The molecule has 1 saturated carbocycles. The van der Waals surface area contributed by atoms with Crippen LogP contribution < -0.4 is 5.32 Å². The quantitative estimate of drug-likeness (QED) is 0.777. The Morgan fingerprint density at radius 1 is 1.20 bits per heavy atom. The molecule has 0 aromatic rings. The predicted molar refractivity (Wildman–Crippen MR) is 63.8 cm³/mol. The molecule has 88 valence electrons. The monoisotopic (exact) mass is 211 g/mol. The molecule has 0 radical (unpaired) electrons. The van der Waals surface area contributed by atoms with Crippen LogP contribution in [0, 0.1) is 17.3 Å². The van der Waals surface area contributed by atoms with Crippen molar-refractivity contribution in [1.82, 2.24) is 5.32 Å². The molecule has 1 N–H and O–H groups in total. The molecule has 2 nitrogen and oxygen atoms in total. The molecule has 1 fully saturated rings. The minimum absolute atomic E-state index is 0.152. The van der Waals surface area contributed by atoms with Crippen LogP contribution in [0.4, 0.5) is 0 Å². The number of carbonyl (C=O) groups is 1. The molecule has 1 rings (SSSR count). The second-order valence-corrected chi connectivity index (χ2v) is 5.89. The number of rotatable bonds is 3. The largest absolute Gasteiger partial charge is 0.319 e. The first-order valence-corrected chi connectivity index (χ1v) is 6.14. The summed E-state index contributed by atoms with van der Waals surface area (Å²) in [7, 11) is 2.01. The molecule has 0 heterocycles. The summed E-state index contributed by atoms with van der Waals surface area (Å²) in [4.78, 5) is 12.1. The molecule has 1 aliphatic carbocycles. The fourth-order valence-electron chi connectivity index (χ4n) is 2.53. The summed E-state index contributed by atoms with van der Waals surface area (Å²) in [6.07, 6.45) is 4.63. The molecule has 0 spiro atoms. The first-order valence-electron chi connectivity index (χ1n) is 6.14. The first-order chi connectivity index (χ1) is 6.95. The Balaban J connectivity index is 2.41. The lowest BCUT2D eigenvalue weighted by Gasteiger charge is -2.31. The Labute approximate surface area is 93.8 Å². The summed E-state index contributed by atoms with van der Waals surface area (Å²) < 4.78 is 0. The molecule has 0 aliphatic heterocycles. The molecule has 0 bridgehead atoms. The van der Waals surface area contributed by atoms with Crippen LogP contribution >= 0.6 is 0 Å². The lowest BCUT2D eigenvalue weighted by atomic mass is 9.73. The van der Waals surface area contributed by atoms with Gasteiger partial charge in [0.1, 0.15) is 5.78 Å². The number of hydrogen-bond donors (Lipinski definition) is 1. The Bertz CT molecular complexity index is 209. The highest BCUT2D eigenvalue weighted by molar-refractivity contribution is 5.85. The van der Waals surface area contributed by atoms with E-state index in [1.165, 1.54) is 12.8 Å². The van der Waals surface area contributed by atoms with Crippen molar-refractivity contribution >= 4 is 5.78 Å². The third kappa shape index (κ3) is 3.60. The minimum Gasteiger partial charge on any atom is -0.319 e. The Hall–Kier alpha value is -0.370. The van der Waals surface area contributed by atoms with Crippen molar-refractivity contribution in [2.45, 2.75) is 46.5 Å². The minimum atomic E-state index is -0.152. The van der Waals surface area contributed by atoms with Crippen molar-refractivity contribution in [3.05, 3.63) is 0 Å². The van der Waals surface area contributed by atoms with Gasteiger partial charge in [-0.2, -0.15) is 0 Å². The van der Waals surface area contributed by atoms with Crippen molar-refractivity contribution in [3.63, 3.8) is 0 Å². The van der Waals surface area contributed by atoms with Crippen LogP contribution in [-0.4, -0.2) is 19.4 Å². The summed E-state index contributed by atoms with van der Waals surface area (Å²) in [6, 6.07) is 0. The van der Waals surface area contributed by atoms with Gasteiger partial charge in [-0.3, -0.25) is 4.79 Å². The van der Waals surface area contributed by atoms with Crippen molar-refractivity contribution < 1.29 is 4.79 Å². The summed E-state index contributed by atoms with van der Waals surface area (Å²) in [5.74, 6) is 1.59. The maximum Gasteiger partial charge on any atom is 0.141 e. The van der Waals surface area contributed by atoms with Gasteiger partial charge in [-0.15, -0.1) is 0 Å². The maximum atomic E-state index is 12.1. The first kappa shape index (κ1) is 12.7. The van der Waals surface area contributed by atoms with E-state index in [0.717, 1.165) is 25.3 Å². The second kappa shape index (κ2) is 5.11. The van der Waals surface area contributed by atoms with Crippen LogP contribution in [0.15, 0.2) is 0 Å². The van der Waals surface area contributed by atoms with Gasteiger partial charge in [0.25, 0.3) is 0 Å². The molecule has 0 aromatic heterocycles. The van der Waals surface area contributed by atoms with Gasteiger partial charge in [0, 0.05) is 11.3 Å². The predicted octanol–water partition coefficient (Wildman–Crippen LogP) is 2.63. The molecule has 15 heavy (non-hydrogen) atoms. The number of Topliss-reactive ketones (excluding diaryl/α,β-unsaturated/α-hetero) is 1. The molecule has 0 amide bonds. The van der Waals surface area contributed by atoms with Gasteiger partial charge in [-0.25, -0.2) is 0 Å². The van der Waals surface area contributed by atoms with Crippen molar-refractivity contribution in [2.75, 3.05) is 13.6 Å². The molecule has 0 saturated heterocycles. The summed E-state index contributed by atoms with van der Waals surface area (Å²) in [5.41, 5.74) is -0.152. The van der Waals surface area contributed by atoms with E-state index in [2.05, 4.69) is 5.32 Å². The van der Waals surface area contributed by atoms with E-state index in [-0.39, 0.29) is 5.41 Å². The third-order valence-electron chi connectivity index (χ3n) is 3.45. The zero-order valence-electron chi connectivity index (χ0n) is 10.6. The van der Waals surface area contributed by atoms with Crippen molar-refractivity contribution in [2.24, 2.45) is 17.3 Å². The van der Waals surface area contributed by atoms with Gasteiger partial charge in [0.2, 0.25) is 0 Å². The highest BCUT2D eigenvalue weighted by atomic mass is 16.1. The lowest BCUT2D eigenvalue weighted by Crippen LogP contribution is -2.33. The van der Waals surface area contributed by atoms with Gasteiger partial charge >= 0.3 is 0 Å². The van der Waals surface area contributed by atoms with E-state index in [1.807, 2.05) is 27.8 Å². The number of carbonyl (C=O) groups excluding carboxylic acids is 1. The Kier molecular flexibility index (Phi) is 4.32. The molecule has 0 unspecified atom stereocenters. The fourth-order valence-corrected chi connectivity index (χ4v) is 2.53. The zero-order valence-corrected chi connectivity index (χ0v) is 10.6. The Morgan fingerprint density at radius 2 is 1.73 bits per heavy atom. The van der Waals surface area contributed by atoms with Gasteiger partial charge in [0.05, 0.1) is 0 Å². The molecular weight excluding hydrogens is 186 g/mol. The van der Waals surface area contributed by atoms with Crippen molar-refractivity contribution in [1.29, 1.82) is 0 Å². The maximum absolute atomic E-state index is 12.1. The fraction of sp³-hybridized carbons (Fsp3) is 0.923. The second-order valence-electron chi connectivity index (χ2n) is 5.89. The normalized spacial score (nSPS) is 27.7.